The Bertz CT molecular complexity index is 958. The zero-order chi connectivity index (χ0) is 22.8. The fraction of sp³-hybridized carbons (Fsp3) is 0.571. The van der Waals surface area contributed by atoms with Gasteiger partial charge in [-0.25, -0.2) is 4.90 Å². The van der Waals surface area contributed by atoms with Gasteiger partial charge in [0.2, 0.25) is 11.8 Å². The lowest BCUT2D eigenvalue weighted by Crippen LogP contribution is -2.58. The minimum atomic E-state index is -4.78. The van der Waals surface area contributed by atoms with E-state index in [0.29, 0.717) is 19.2 Å². The number of halogens is 4. The Morgan fingerprint density at radius 3 is 2.26 bits per heavy atom. The Hall–Kier alpha value is -1.96. The second-order valence-corrected chi connectivity index (χ2v) is 9.58. The Kier molecular flexibility index (Phi) is 5.23. The van der Waals surface area contributed by atoms with Crippen molar-refractivity contribution in [3.63, 3.8) is 0 Å². The number of ether oxygens (including phenoxy) is 1. The molecule has 2 amide bonds. The lowest BCUT2D eigenvalue weighted by atomic mass is 9.79. The Morgan fingerprint density at radius 1 is 1.19 bits per heavy atom. The van der Waals surface area contributed by atoms with E-state index in [1.807, 2.05) is 0 Å². The van der Waals surface area contributed by atoms with Gasteiger partial charge in [0, 0.05) is 18.4 Å². The molecule has 0 N–H and O–H groups in total. The molecule has 6 nitrogen and oxygen atoms in total. The van der Waals surface area contributed by atoms with Crippen molar-refractivity contribution in [2.75, 3.05) is 29.9 Å². The number of nitrogens with zero attached hydrogens (tertiary/aromatic N) is 3. The van der Waals surface area contributed by atoms with E-state index in [0.717, 1.165) is 29.3 Å². The molecular weight excluding hydrogens is 479 g/mol. The molecule has 31 heavy (non-hydrogen) atoms. The monoisotopic (exact) mass is 499 g/mol. The number of amides is 2. The standard InChI is InChI=1S/C21H21BrF3N3O3/c1-19-10-27(7-3-6-22)11-20(2,31-19)16-15(19)17(29)28(18(16)30)13-5-4-12(9-26)14(8-13)21(23,24)25/h4-5,8,15-16H,3,6-7,10-11H2,1-2H3/t15-,16+,19+,20?/m0/s1. The van der Waals surface area contributed by atoms with E-state index in [-0.39, 0.29) is 5.69 Å². The minimum absolute atomic E-state index is 0.169. The summed E-state index contributed by atoms with van der Waals surface area (Å²) in [4.78, 5) is 29.8. The predicted molar refractivity (Wildman–Crippen MR) is 108 cm³/mol. The van der Waals surface area contributed by atoms with E-state index in [9.17, 15) is 22.8 Å². The van der Waals surface area contributed by atoms with Crippen LogP contribution in [0.3, 0.4) is 0 Å². The van der Waals surface area contributed by atoms with Gasteiger partial charge in [-0.1, -0.05) is 15.9 Å². The van der Waals surface area contributed by atoms with Crippen LogP contribution in [0.15, 0.2) is 18.2 Å². The number of nitriles is 1. The second-order valence-electron chi connectivity index (χ2n) is 8.79. The van der Waals surface area contributed by atoms with Crippen LogP contribution in [0, 0.1) is 23.2 Å². The third kappa shape index (κ3) is 3.38. The molecular formula is C21H21BrF3N3O3. The number of benzene rings is 1. The summed E-state index contributed by atoms with van der Waals surface area (Å²) >= 11 is 3.41. The highest BCUT2D eigenvalue weighted by molar-refractivity contribution is 9.09. The minimum Gasteiger partial charge on any atom is -0.365 e. The van der Waals surface area contributed by atoms with Gasteiger partial charge in [0.25, 0.3) is 0 Å². The molecule has 1 aromatic carbocycles. The SMILES string of the molecule is CC12CN(CCCBr)C[C@@](C)(O1)[C@@H]1C(=O)N(c3ccc(C#N)c(C(F)(F)F)c3)C(=O)[C@@H]12. The first-order chi connectivity index (χ1) is 14.4. The maximum absolute atomic E-state index is 13.4. The summed E-state index contributed by atoms with van der Waals surface area (Å²) < 4.78 is 46.5. The molecule has 4 rings (SSSR count). The molecule has 0 radical (unpaired) electrons. The van der Waals surface area contributed by atoms with E-state index in [4.69, 9.17) is 10.00 Å². The lowest BCUT2D eigenvalue weighted by molar-refractivity contribution is -0.169. The van der Waals surface area contributed by atoms with E-state index >= 15 is 0 Å². The first-order valence-corrected chi connectivity index (χ1v) is 11.0. The van der Waals surface area contributed by atoms with Gasteiger partial charge in [-0.05, 0) is 45.0 Å². The number of hydrogen-bond donors (Lipinski definition) is 0. The molecule has 10 heteroatoms. The van der Waals surface area contributed by atoms with E-state index in [2.05, 4.69) is 20.8 Å². The van der Waals surface area contributed by atoms with Crippen LogP contribution in [0.2, 0.25) is 0 Å². The highest BCUT2D eigenvalue weighted by atomic mass is 79.9. The average molecular weight is 500 g/mol. The van der Waals surface area contributed by atoms with Crippen LogP contribution in [-0.4, -0.2) is 52.9 Å². The summed E-state index contributed by atoms with van der Waals surface area (Å²) in [5, 5.41) is 9.84. The van der Waals surface area contributed by atoms with E-state index in [1.165, 1.54) is 12.1 Å². The number of likely N-dealkylation sites (tertiary alicyclic amines) is 1. The molecule has 3 saturated heterocycles. The molecule has 0 aliphatic carbocycles. The second kappa shape index (κ2) is 7.29. The van der Waals surface area contributed by atoms with Crippen LogP contribution in [0.25, 0.3) is 0 Å². The highest BCUT2D eigenvalue weighted by Crippen LogP contribution is 2.55. The number of carbonyl (C=O) groups is 2. The normalized spacial score (nSPS) is 33.0. The van der Waals surface area contributed by atoms with Gasteiger partial charge in [-0.2, -0.15) is 18.4 Å². The summed E-state index contributed by atoms with van der Waals surface area (Å²) in [5.74, 6) is -2.66. The molecule has 166 valence electrons. The first kappa shape index (κ1) is 22.2. The molecule has 4 atom stereocenters. The topological polar surface area (TPSA) is 73.6 Å². The van der Waals surface area contributed by atoms with Crippen LogP contribution in [0.4, 0.5) is 18.9 Å². The molecule has 0 aromatic heterocycles. The molecule has 3 heterocycles. The number of carbonyl (C=O) groups excluding carboxylic acids is 2. The lowest BCUT2D eigenvalue weighted by Gasteiger charge is -2.45. The van der Waals surface area contributed by atoms with Crippen molar-refractivity contribution in [3.8, 4) is 6.07 Å². The Balaban J connectivity index is 1.72. The van der Waals surface area contributed by atoms with Gasteiger partial charge in [-0.3, -0.25) is 14.5 Å². The quantitative estimate of drug-likeness (QED) is 0.469. The van der Waals surface area contributed by atoms with Crippen molar-refractivity contribution in [2.24, 2.45) is 11.8 Å². The Morgan fingerprint density at radius 2 is 1.77 bits per heavy atom. The van der Waals surface area contributed by atoms with Gasteiger partial charge < -0.3 is 4.74 Å². The van der Waals surface area contributed by atoms with E-state index in [1.54, 1.807) is 13.8 Å². The third-order valence-electron chi connectivity index (χ3n) is 6.46. The fourth-order valence-electron chi connectivity index (χ4n) is 5.46. The fourth-order valence-corrected chi connectivity index (χ4v) is 5.71. The summed E-state index contributed by atoms with van der Waals surface area (Å²) in [7, 11) is 0. The van der Waals surface area contributed by atoms with Crippen molar-refractivity contribution >= 4 is 33.4 Å². The molecule has 1 aromatic rings. The number of rotatable bonds is 4. The number of anilines is 1. The van der Waals surface area contributed by atoms with Crippen LogP contribution >= 0.6 is 15.9 Å². The molecule has 3 fully saturated rings. The van der Waals surface area contributed by atoms with Crippen LogP contribution in [0.5, 0.6) is 0 Å². The zero-order valence-electron chi connectivity index (χ0n) is 17.0. The van der Waals surface area contributed by atoms with Gasteiger partial charge in [0.15, 0.2) is 0 Å². The maximum Gasteiger partial charge on any atom is 0.417 e. The first-order valence-electron chi connectivity index (χ1n) is 9.93. The predicted octanol–water partition coefficient (Wildman–Crippen LogP) is 3.33. The third-order valence-corrected chi connectivity index (χ3v) is 7.02. The average Bonchev–Trinajstić information content (AvgIpc) is 3.05. The van der Waals surface area contributed by atoms with Crippen molar-refractivity contribution in [3.05, 3.63) is 29.3 Å². The summed E-state index contributed by atoms with van der Waals surface area (Å²) in [6.07, 6.45) is -3.88. The van der Waals surface area contributed by atoms with Crippen LogP contribution < -0.4 is 4.90 Å². The molecule has 3 aliphatic heterocycles. The van der Waals surface area contributed by atoms with Crippen LogP contribution in [-0.2, 0) is 20.5 Å². The largest absolute Gasteiger partial charge is 0.417 e. The van der Waals surface area contributed by atoms with Crippen molar-refractivity contribution < 1.29 is 27.5 Å². The molecule has 0 saturated carbocycles. The van der Waals surface area contributed by atoms with Crippen molar-refractivity contribution in [1.29, 1.82) is 5.26 Å². The van der Waals surface area contributed by atoms with Gasteiger partial charge >= 0.3 is 6.18 Å². The molecule has 0 spiro atoms. The van der Waals surface area contributed by atoms with Gasteiger partial charge in [-0.15, -0.1) is 0 Å². The highest BCUT2D eigenvalue weighted by Gasteiger charge is 2.71. The number of morpholine rings is 1. The number of fused-ring (bicyclic) bond motifs is 5. The van der Waals surface area contributed by atoms with Crippen molar-refractivity contribution in [1.82, 2.24) is 4.90 Å². The number of hydrogen-bond acceptors (Lipinski definition) is 5. The van der Waals surface area contributed by atoms with Gasteiger partial charge in [0.05, 0.1) is 45.9 Å². The smallest absolute Gasteiger partial charge is 0.365 e. The summed E-state index contributed by atoms with van der Waals surface area (Å²) in [5.41, 5.74) is -3.72. The maximum atomic E-state index is 13.4. The number of imide groups is 1. The van der Waals surface area contributed by atoms with Crippen LogP contribution in [0.1, 0.15) is 31.4 Å². The Labute approximate surface area is 186 Å². The zero-order valence-corrected chi connectivity index (χ0v) is 18.6. The van der Waals surface area contributed by atoms with Gasteiger partial charge in [0.1, 0.15) is 0 Å². The number of alkyl halides is 4. The summed E-state index contributed by atoms with van der Waals surface area (Å²) in [6, 6.07) is 4.43. The molecule has 3 aliphatic rings. The molecule has 1 unspecified atom stereocenters. The summed E-state index contributed by atoms with van der Waals surface area (Å²) in [6.45, 7) is 5.31. The van der Waals surface area contributed by atoms with Crippen molar-refractivity contribution in [2.45, 2.75) is 37.6 Å². The molecule has 2 bridgehead atoms. The van der Waals surface area contributed by atoms with E-state index < -0.39 is 52.2 Å².